The van der Waals surface area contributed by atoms with Gasteiger partial charge in [-0.05, 0) is 38.5 Å². The lowest BCUT2D eigenvalue weighted by molar-refractivity contribution is -0.142. The molecule has 1 rings (SSSR count). The fraction of sp³-hybridized carbons (Fsp3) is 0.467. The van der Waals surface area contributed by atoms with Gasteiger partial charge in [-0.2, -0.15) is 0 Å². The first-order chi connectivity index (χ1) is 9.60. The standard InChI is InChI=1S/C14H18FNO5.CH4/c1-14(2,3)21-13(20)16-10(12(18)19)11(17)8-4-6-9(15)7-5-8;/h4-7,10-11,17H,1-3H3,(H,16,20)(H,18,19);1H4/t10-,11+;/m1./s1. The van der Waals surface area contributed by atoms with Crippen LogP contribution in [0.15, 0.2) is 24.3 Å². The van der Waals surface area contributed by atoms with Crippen LogP contribution in [-0.4, -0.2) is 33.9 Å². The highest BCUT2D eigenvalue weighted by molar-refractivity contribution is 5.80. The summed E-state index contributed by atoms with van der Waals surface area (Å²) < 4.78 is 17.8. The van der Waals surface area contributed by atoms with Gasteiger partial charge in [0.1, 0.15) is 17.5 Å². The van der Waals surface area contributed by atoms with Gasteiger partial charge in [0.25, 0.3) is 0 Å². The van der Waals surface area contributed by atoms with Gasteiger partial charge in [0, 0.05) is 0 Å². The summed E-state index contributed by atoms with van der Waals surface area (Å²) in [6.07, 6.45) is -2.49. The van der Waals surface area contributed by atoms with E-state index in [4.69, 9.17) is 9.84 Å². The zero-order valence-electron chi connectivity index (χ0n) is 12.0. The van der Waals surface area contributed by atoms with Crippen molar-refractivity contribution in [2.45, 2.75) is 45.9 Å². The molecule has 2 atom stereocenters. The van der Waals surface area contributed by atoms with Crippen LogP contribution >= 0.6 is 0 Å². The van der Waals surface area contributed by atoms with E-state index in [2.05, 4.69) is 5.32 Å². The van der Waals surface area contributed by atoms with Crippen LogP contribution in [0.1, 0.15) is 39.9 Å². The highest BCUT2D eigenvalue weighted by atomic mass is 19.1. The zero-order valence-corrected chi connectivity index (χ0v) is 12.0. The van der Waals surface area contributed by atoms with E-state index in [-0.39, 0.29) is 13.0 Å². The van der Waals surface area contributed by atoms with Crippen molar-refractivity contribution in [3.8, 4) is 0 Å². The molecule has 0 spiro atoms. The average molecular weight is 315 g/mol. The normalized spacial score (nSPS) is 13.5. The molecule has 0 aliphatic rings. The van der Waals surface area contributed by atoms with Crippen molar-refractivity contribution in [3.63, 3.8) is 0 Å². The van der Waals surface area contributed by atoms with Gasteiger partial charge in [0.05, 0.1) is 0 Å². The van der Waals surface area contributed by atoms with Crippen molar-refractivity contribution in [1.29, 1.82) is 0 Å². The summed E-state index contributed by atoms with van der Waals surface area (Å²) in [5.74, 6) is -1.95. The maximum Gasteiger partial charge on any atom is 0.408 e. The van der Waals surface area contributed by atoms with Crippen LogP contribution in [0.25, 0.3) is 0 Å². The van der Waals surface area contributed by atoms with Crippen molar-refractivity contribution in [3.05, 3.63) is 35.6 Å². The first-order valence-electron chi connectivity index (χ1n) is 6.26. The van der Waals surface area contributed by atoms with Crippen LogP contribution < -0.4 is 5.32 Å². The van der Waals surface area contributed by atoms with Crippen molar-refractivity contribution in [2.75, 3.05) is 0 Å². The fourth-order valence-corrected chi connectivity index (χ4v) is 1.56. The first kappa shape index (κ1) is 19.9. The Balaban J connectivity index is 0.00000441. The van der Waals surface area contributed by atoms with Crippen LogP contribution in [0.4, 0.5) is 9.18 Å². The number of carbonyl (C=O) groups is 2. The lowest BCUT2D eigenvalue weighted by atomic mass is 10.0. The number of carboxylic acids is 1. The molecule has 0 aromatic heterocycles. The van der Waals surface area contributed by atoms with Crippen LogP contribution in [0, 0.1) is 5.82 Å². The van der Waals surface area contributed by atoms with Gasteiger partial charge >= 0.3 is 12.1 Å². The zero-order chi connectivity index (χ0) is 16.2. The van der Waals surface area contributed by atoms with E-state index >= 15 is 0 Å². The first-order valence-corrected chi connectivity index (χ1v) is 6.26. The molecule has 0 heterocycles. The monoisotopic (exact) mass is 315 g/mol. The summed E-state index contributed by atoms with van der Waals surface area (Å²) in [7, 11) is 0. The number of rotatable bonds is 4. The number of nitrogens with one attached hydrogen (secondary N) is 1. The highest BCUT2D eigenvalue weighted by Gasteiger charge is 2.31. The Hall–Kier alpha value is -2.15. The van der Waals surface area contributed by atoms with Crippen LogP contribution in [0.3, 0.4) is 0 Å². The molecule has 124 valence electrons. The van der Waals surface area contributed by atoms with E-state index in [1.54, 1.807) is 20.8 Å². The summed E-state index contributed by atoms with van der Waals surface area (Å²) in [6, 6.07) is 3.06. The molecule has 22 heavy (non-hydrogen) atoms. The summed E-state index contributed by atoms with van der Waals surface area (Å²) in [4.78, 5) is 22.8. The van der Waals surface area contributed by atoms with Gasteiger partial charge in [0.2, 0.25) is 0 Å². The molecule has 1 amide bonds. The Kier molecular flexibility index (Phi) is 6.99. The van der Waals surface area contributed by atoms with Gasteiger partial charge in [-0.15, -0.1) is 0 Å². The topological polar surface area (TPSA) is 95.9 Å². The lowest BCUT2D eigenvalue weighted by Crippen LogP contribution is -2.46. The molecule has 0 aliphatic carbocycles. The maximum atomic E-state index is 12.8. The van der Waals surface area contributed by atoms with Gasteiger partial charge < -0.3 is 20.3 Å². The van der Waals surface area contributed by atoms with E-state index < -0.39 is 35.6 Å². The molecule has 7 heteroatoms. The smallest absolute Gasteiger partial charge is 0.408 e. The fourth-order valence-electron chi connectivity index (χ4n) is 1.56. The summed E-state index contributed by atoms with van der Waals surface area (Å²) >= 11 is 0. The van der Waals surface area contributed by atoms with E-state index in [0.29, 0.717) is 0 Å². The number of benzene rings is 1. The highest BCUT2D eigenvalue weighted by Crippen LogP contribution is 2.18. The largest absolute Gasteiger partial charge is 0.480 e. The summed E-state index contributed by atoms with van der Waals surface area (Å²) in [5, 5.41) is 21.2. The number of ether oxygens (including phenoxy) is 1. The maximum absolute atomic E-state index is 12.8. The van der Waals surface area contributed by atoms with Gasteiger partial charge in [-0.25, -0.2) is 14.0 Å². The third kappa shape index (κ3) is 6.09. The minimum atomic E-state index is -1.61. The molecule has 0 saturated heterocycles. The molecule has 0 aliphatic heterocycles. The van der Waals surface area contributed by atoms with Crippen molar-refractivity contribution < 1.29 is 28.9 Å². The summed E-state index contributed by atoms with van der Waals surface area (Å²) in [6.45, 7) is 4.87. The van der Waals surface area contributed by atoms with Crippen LogP contribution in [-0.2, 0) is 9.53 Å². The van der Waals surface area contributed by atoms with Crippen LogP contribution in [0.2, 0.25) is 0 Å². The molecule has 0 unspecified atom stereocenters. The number of hydrogen-bond donors (Lipinski definition) is 3. The van der Waals surface area contributed by atoms with Crippen molar-refractivity contribution in [1.82, 2.24) is 5.32 Å². The Morgan fingerprint density at radius 1 is 1.23 bits per heavy atom. The molecular weight excluding hydrogens is 293 g/mol. The molecule has 0 saturated carbocycles. The second kappa shape index (κ2) is 7.74. The Labute approximate surface area is 128 Å². The number of hydrogen-bond acceptors (Lipinski definition) is 4. The Morgan fingerprint density at radius 3 is 2.14 bits per heavy atom. The number of carboxylic acid groups (broad SMARTS) is 1. The number of aliphatic hydroxyl groups is 1. The number of aliphatic hydroxyl groups excluding tert-OH is 1. The predicted octanol–water partition coefficient (Wildman–Crippen LogP) is 2.47. The lowest BCUT2D eigenvalue weighted by Gasteiger charge is -2.24. The predicted molar refractivity (Wildman–Crippen MR) is 78.9 cm³/mol. The van der Waals surface area contributed by atoms with E-state index in [9.17, 15) is 19.1 Å². The second-order valence-electron chi connectivity index (χ2n) is 5.46. The number of amides is 1. The SMILES string of the molecule is C.CC(C)(C)OC(=O)N[C@@H](C(=O)O)[C@@H](O)c1ccc(F)cc1. The van der Waals surface area contributed by atoms with Crippen molar-refractivity contribution in [2.24, 2.45) is 0 Å². The van der Waals surface area contributed by atoms with Crippen molar-refractivity contribution >= 4 is 12.1 Å². The minimum absolute atomic E-state index is 0. The molecule has 3 N–H and O–H groups in total. The van der Waals surface area contributed by atoms with E-state index in [1.807, 2.05) is 0 Å². The number of aliphatic carboxylic acids is 1. The third-order valence-corrected chi connectivity index (χ3v) is 2.47. The molecule has 1 aromatic rings. The number of alkyl carbamates (subject to hydrolysis) is 1. The molecule has 6 nitrogen and oxygen atoms in total. The van der Waals surface area contributed by atoms with E-state index in [1.165, 1.54) is 12.1 Å². The van der Waals surface area contributed by atoms with Gasteiger partial charge in [-0.1, -0.05) is 19.6 Å². The van der Waals surface area contributed by atoms with E-state index in [0.717, 1.165) is 12.1 Å². The average Bonchev–Trinajstić information content (AvgIpc) is 2.33. The molecule has 0 radical (unpaired) electrons. The molecule has 1 aromatic carbocycles. The number of carbonyl (C=O) groups excluding carboxylic acids is 1. The second-order valence-corrected chi connectivity index (χ2v) is 5.46. The van der Waals surface area contributed by atoms with Crippen LogP contribution in [0.5, 0.6) is 0 Å². The quantitative estimate of drug-likeness (QED) is 0.793. The molecular formula is C15H22FNO5. The summed E-state index contributed by atoms with van der Waals surface area (Å²) in [5.41, 5.74) is -0.631. The van der Waals surface area contributed by atoms with Gasteiger partial charge in [0.15, 0.2) is 6.04 Å². The van der Waals surface area contributed by atoms with Gasteiger partial charge in [-0.3, -0.25) is 0 Å². The molecule has 0 fully saturated rings. The third-order valence-electron chi connectivity index (χ3n) is 2.47. The Bertz CT molecular complexity index is 510. The number of halogens is 1. The Morgan fingerprint density at radius 2 is 1.73 bits per heavy atom. The minimum Gasteiger partial charge on any atom is -0.480 e. The molecule has 0 bridgehead atoms.